The van der Waals surface area contributed by atoms with Gasteiger partial charge in [-0.25, -0.2) is 13.6 Å². The van der Waals surface area contributed by atoms with E-state index in [-0.39, 0.29) is 11.4 Å². The van der Waals surface area contributed by atoms with Crippen LogP contribution in [0.1, 0.15) is 15.9 Å². The molecule has 0 aromatic heterocycles. The maximum absolute atomic E-state index is 14.1. The number of halogens is 3. The smallest absolute Gasteiger partial charge is 0.340 e. The Labute approximate surface area is 159 Å². The van der Waals surface area contributed by atoms with Crippen LogP contribution in [0.3, 0.4) is 0 Å². The van der Waals surface area contributed by atoms with E-state index in [1.54, 1.807) is 12.1 Å². The molecule has 0 unspecified atom stereocenters. The van der Waals surface area contributed by atoms with Crippen LogP contribution in [0.5, 0.6) is 0 Å². The van der Waals surface area contributed by atoms with Gasteiger partial charge in [0.15, 0.2) is 0 Å². The number of carbonyl (C=O) groups is 1. The average molecular weight is 425 g/mol. The van der Waals surface area contributed by atoms with Gasteiger partial charge in [-0.2, -0.15) is 0 Å². The summed E-state index contributed by atoms with van der Waals surface area (Å²) >= 11 is 3.26. The van der Waals surface area contributed by atoms with E-state index in [0.29, 0.717) is 25.3 Å². The second kappa shape index (κ2) is 8.14. The van der Waals surface area contributed by atoms with Crippen LogP contribution in [-0.4, -0.2) is 44.2 Å². The number of hydrogen-bond acceptors (Lipinski definition) is 4. The Morgan fingerprint density at radius 1 is 1.08 bits per heavy atom. The van der Waals surface area contributed by atoms with Crippen LogP contribution in [-0.2, 0) is 11.3 Å². The van der Waals surface area contributed by atoms with Crippen LogP contribution in [0.15, 0.2) is 40.9 Å². The minimum atomic E-state index is -0.681. The van der Waals surface area contributed by atoms with Gasteiger partial charge in [0.1, 0.15) is 11.6 Å². The van der Waals surface area contributed by atoms with Gasteiger partial charge >= 0.3 is 5.97 Å². The summed E-state index contributed by atoms with van der Waals surface area (Å²) < 4.78 is 33.4. The Morgan fingerprint density at radius 3 is 2.42 bits per heavy atom. The summed E-state index contributed by atoms with van der Waals surface area (Å²) in [6.45, 7) is 3.46. The third-order valence-electron chi connectivity index (χ3n) is 4.47. The molecule has 4 nitrogen and oxygen atoms in total. The summed E-state index contributed by atoms with van der Waals surface area (Å²) in [5.74, 6) is -1.50. The SMILES string of the molecule is COC(=O)c1ccc(CN2CCN(c3ccc(Br)cc3F)CC2)cc1F. The lowest BCUT2D eigenvalue weighted by molar-refractivity contribution is 0.0595. The Morgan fingerprint density at radius 2 is 1.81 bits per heavy atom. The van der Waals surface area contributed by atoms with Crippen molar-refractivity contribution in [3.63, 3.8) is 0 Å². The van der Waals surface area contributed by atoms with Crippen molar-refractivity contribution in [3.05, 3.63) is 63.6 Å². The molecule has 0 amide bonds. The highest BCUT2D eigenvalue weighted by Gasteiger charge is 2.20. The van der Waals surface area contributed by atoms with Gasteiger partial charge in [0.05, 0.1) is 18.4 Å². The molecule has 3 rings (SSSR count). The van der Waals surface area contributed by atoms with E-state index in [4.69, 9.17) is 0 Å². The molecule has 0 aliphatic carbocycles. The zero-order chi connectivity index (χ0) is 18.7. The molecule has 7 heteroatoms. The highest BCUT2D eigenvalue weighted by Crippen LogP contribution is 2.24. The summed E-state index contributed by atoms with van der Waals surface area (Å²) in [6, 6.07) is 9.62. The van der Waals surface area contributed by atoms with E-state index < -0.39 is 11.8 Å². The molecule has 0 bridgehead atoms. The van der Waals surface area contributed by atoms with Crippen LogP contribution in [0, 0.1) is 11.6 Å². The summed E-state index contributed by atoms with van der Waals surface area (Å²) in [6.07, 6.45) is 0. The number of ether oxygens (including phenoxy) is 1. The van der Waals surface area contributed by atoms with Crippen molar-refractivity contribution in [2.75, 3.05) is 38.2 Å². The van der Waals surface area contributed by atoms with E-state index in [1.165, 1.54) is 25.3 Å². The molecule has 0 saturated carbocycles. The van der Waals surface area contributed by atoms with Crippen molar-refractivity contribution in [3.8, 4) is 0 Å². The Hall–Kier alpha value is -1.99. The van der Waals surface area contributed by atoms with Crippen LogP contribution in [0.4, 0.5) is 14.5 Å². The molecular weight excluding hydrogens is 406 g/mol. The number of esters is 1. The van der Waals surface area contributed by atoms with Gasteiger partial charge in [0, 0.05) is 37.2 Å². The molecule has 0 radical (unpaired) electrons. The monoisotopic (exact) mass is 424 g/mol. The molecular formula is C19H19BrF2N2O2. The maximum Gasteiger partial charge on any atom is 0.340 e. The highest BCUT2D eigenvalue weighted by molar-refractivity contribution is 9.10. The zero-order valence-corrected chi connectivity index (χ0v) is 15.9. The molecule has 26 heavy (non-hydrogen) atoms. The lowest BCUT2D eigenvalue weighted by Gasteiger charge is -2.36. The van der Waals surface area contributed by atoms with E-state index >= 15 is 0 Å². The van der Waals surface area contributed by atoms with Crippen molar-refractivity contribution in [2.24, 2.45) is 0 Å². The number of piperazine rings is 1. The first-order chi connectivity index (χ1) is 12.5. The lowest BCUT2D eigenvalue weighted by atomic mass is 10.1. The van der Waals surface area contributed by atoms with Crippen molar-refractivity contribution in [1.82, 2.24) is 4.90 Å². The number of benzene rings is 2. The van der Waals surface area contributed by atoms with E-state index in [9.17, 15) is 13.6 Å². The molecule has 1 aliphatic rings. The number of anilines is 1. The van der Waals surface area contributed by atoms with E-state index in [0.717, 1.165) is 23.1 Å². The summed E-state index contributed by atoms with van der Waals surface area (Å²) in [5.41, 5.74) is 1.33. The Balaban J connectivity index is 1.60. The van der Waals surface area contributed by atoms with Crippen molar-refractivity contribution in [1.29, 1.82) is 0 Å². The fourth-order valence-corrected chi connectivity index (χ4v) is 3.41. The first kappa shape index (κ1) is 18.8. The number of methoxy groups -OCH3 is 1. The Bertz CT molecular complexity index is 808. The first-order valence-electron chi connectivity index (χ1n) is 8.27. The van der Waals surface area contributed by atoms with Crippen LogP contribution in [0.25, 0.3) is 0 Å². The number of nitrogens with zero attached hydrogens (tertiary/aromatic N) is 2. The van der Waals surface area contributed by atoms with Crippen molar-refractivity contribution in [2.45, 2.75) is 6.54 Å². The number of carbonyl (C=O) groups excluding carboxylic acids is 1. The third kappa shape index (κ3) is 4.22. The Kier molecular flexibility index (Phi) is 5.88. The molecule has 138 valence electrons. The molecule has 2 aromatic rings. The fourth-order valence-electron chi connectivity index (χ4n) is 3.08. The molecule has 2 aromatic carbocycles. The first-order valence-corrected chi connectivity index (χ1v) is 9.06. The second-order valence-electron chi connectivity index (χ2n) is 6.16. The predicted molar refractivity (Wildman–Crippen MR) is 99.3 cm³/mol. The van der Waals surface area contributed by atoms with Crippen molar-refractivity contribution >= 4 is 27.6 Å². The van der Waals surface area contributed by atoms with Gasteiger partial charge in [-0.05, 0) is 35.9 Å². The second-order valence-corrected chi connectivity index (χ2v) is 7.08. The minimum Gasteiger partial charge on any atom is -0.465 e. The van der Waals surface area contributed by atoms with Gasteiger partial charge in [-0.3, -0.25) is 4.90 Å². The fraction of sp³-hybridized carbons (Fsp3) is 0.316. The maximum atomic E-state index is 14.1. The van der Waals surface area contributed by atoms with Crippen LogP contribution < -0.4 is 4.90 Å². The molecule has 1 heterocycles. The number of hydrogen-bond donors (Lipinski definition) is 0. The minimum absolute atomic E-state index is 0.0632. The molecule has 1 fully saturated rings. The predicted octanol–water partition coefficient (Wildman–Crippen LogP) is 3.84. The molecule has 1 aliphatic heterocycles. The summed E-state index contributed by atoms with van der Waals surface area (Å²) in [4.78, 5) is 15.6. The van der Waals surface area contributed by atoms with Crippen molar-refractivity contribution < 1.29 is 18.3 Å². The van der Waals surface area contributed by atoms with Gasteiger partial charge in [-0.1, -0.05) is 22.0 Å². The molecule has 1 saturated heterocycles. The highest BCUT2D eigenvalue weighted by atomic mass is 79.9. The van der Waals surface area contributed by atoms with E-state index in [2.05, 4.69) is 25.6 Å². The summed E-state index contributed by atoms with van der Waals surface area (Å²) in [5, 5.41) is 0. The summed E-state index contributed by atoms with van der Waals surface area (Å²) in [7, 11) is 1.23. The standard InChI is InChI=1S/C19H19BrF2N2O2/c1-26-19(25)15-4-2-13(10-16(15)21)12-23-6-8-24(9-7-23)18-5-3-14(20)11-17(18)22/h2-5,10-11H,6-9,12H2,1H3. The molecule has 0 spiro atoms. The average Bonchev–Trinajstić information content (AvgIpc) is 2.62. The van der Waals surface area contributed by atoms with Gasteiger partial charge in [-0.15, -0.1) is 0 Å². The van der Waals surface area contributed by atoms with Gasteiger partial charge in [0.25, 0.3) is 0 Å². The van der Waals surface area contributed by atoms with Crippen LogP contribution in [0.2, 0.25) is 0 Å². The lowest BCUT2D eigenvalue weighted by Crippen LogP contribution is -2.46. The normalized spacial score (nSPS) is 15.2. The quantitative estimate of drug-likeness (QED) is 0.698. The largest absolute Gasteiger partial charge is 0.465 e. The van der Waals surface area contributed by atoms with Crippen LogP contribution >= 0.6 is 15.9 Å². The number of rotatable bonds is 4. The molecule has 0 atom stereocenters. The van der Waals surface area contributed by atoms with Gasteiger partial charge < -0.3 is 9.64 Å². The van der Waals surface area contributed by atoms with E-state index in [1.807, 2.05) is 11.0 Å². The third-order valence-corrected chi connectivity index (χ3v) is 4.96. The van der Waals surface area contributed by atoms with Gasteiger partial charge in [0.2, 0.25) is 0 Å². The topological polar surface area (TPSA) is 32.8 Å². The molecule has 0 N–H and O–H groups in total. The zero-order valence-electron chi connectivity index (χ0n) is 14.3.